The molecule has 1 saturated heterocycles. The third-order valence-electron chi connectivity index (χ3n) is 5.49. The van der Waals surface area contributed by atoms with E-state index in [0.717, 1.165) is 28.3 Å². The van der Waals surface area contributed by atoms with Crippen molar-refractivity contribution in [3.63, 3.8) is 0 Å². The van der Waals surface area contributed by atoms with E-state index in [9.17, 15) is 18.0 Å². The summed E-state index contributed by atoms with van der Waals surface area (Å²) in [7, 11) is 0. The number of para-hydroxylation sites is 1. The molecule has 0 saturated carbocycles. The highest BCUT2D eigenvalue weighted by Gasteiger charge is 2.33. The van der Waals surface area contributed by atoms with E-state index >= 15 is 0 Å². The molecular formula is C23H22F3NO3. The summed E-state index contributed by atoms with van der Waals surface area (Å²) in [6.07, 6.45) is -3.49. The number of ether oxygens (including phenoxy) is 2. The maximum atomic E-state index is 13.3. The van der Waals surface area contributed by atoms with Gasteiger partial charge < -0.3 is 14.4 Å². The third-order valence-corrected chi connectivity index (χ3v) is 5.49. The second kappa shape index (κ2) is 8.05. The van der Waals surface area contributed by atoms with Gasteiger partial charge in [0.25, 0.3) is 0 Å². The molecule has 2 aromatic rings. The molecule has 1 fully saturated rings. The Balaban J connectivity index is 1.77. The van der Waals surface area contributed by atoms with Crippen LogP contribution in [0.4, 0.5) is 18.0 Å². The molecule has 2 heterocycles. The standard InChI is InChI=1S/C23H22F3NO3/c1-2-29-22(28)27-11-9-15(10-12-27)21-18-8-7-17(23(24,25)26)13-16(18)14-30-20-6-4-3-5-19(20)21/h3-8,13H,2,9-12,14H2,1H3. The van der Waals surface area contributed by atoms with Crippen LogP contribution in [-0.4, -0.2) is 30.7 Å². The van der Waals surface area contributed by atoms with Crippen LogP contribution in [0.5, 0.6) is 5.75 Å². The number of fused-ring (bicyclic) bond motifs is 2. The molecule has 1 amide bonds. The average molecular weight is 417 g/mol. The fourth-order valence-corrected chi connectivity index (χ4v) is 4.04. The van der Waals surface area contributed by atoms with Gasteiger partial charge in [-0.2, -0.15) is 13.2 Å². The molecule has 30 heavy (non-hydrogen) atoms. The summed E-state index contributed by atoms with van der Waals surface area (Å²) in [5, 5.41) is 0. The van der Waals surface area contributed by atoms with E-state index in [0.29, 0.717) is 43.9 Å². The highest BCUT2D eigenvalue weighted by Crippen LogP contribution is 2.42. The summed E-state index contributed by atoms with van der Waals surface area (Å²) in [6.45, 7) is 3.18. The minimum absolute atomic E-state index is 0.0714. The van der Waals surface area contributed by atoms with Gasteiger partial charge in [0, 0.05) is 18.7 Å². The van der Waals surface area contributed by atoms with Gasteiger partial charge in [0.1, 0.15) is 12.4 Å². The highest BCUT2D eigenvalue weighted by atomic mass is 19.4. The van der Waals surface area contributed by atoms with Gasteiger partial charge in [-0.1, -0.05) is 29.8 Å². The van der Waals surface area contributed by atoms with Crippen molar-refractivity contribution in [2.75, 3.05) is 19.7 Å². The number of amides is 1. The maximum Gasteiger partial charge on any atom is 0.416 e. The zero-order chi connectivity index (χ0) is 21.3. The molecule has 0 aliphatic carbocycles. The summed E-state index contributed by atoms with van der Waals surface area (Å²) >= 11 is 0. The van der Waals surface area contributed by atoms with Crippen molar-refractivity contribution in [3.8, 4) is 5.75 Å². The largest absolute Gasteiger partial charge is 0.488 e. The van der Waals surface area contributed by atoms with Crippen molar-refractivity contribution < 1.29 is 27.4 Å². The molecule has 2 aliphatic rings. The maximum absolute atomic E-state index is 13.3. The number of carbonyl (C=O) groups is 1. The van der Waals surface area contributed by atoms with Crippen LogP contribution in [0.3, 0.4) is 0 Å². The number of hydrogen-bond acceptors (Lipinski definition) is 3. The third kappa shape index (κ3) is 3.88. The van der Waals surface area contributed by atoms with Crippen LogP contribution in [0.25, 0.3) is 5.57 Å². The summed E-state index contributed by atoms with van der Waals surface area (Å²) < 4.78 is 50.7. The Bertz CT molecular complexity index is 987. The molecule has 0 N–H and O–H groups in total. The van der Waals surface area contributed by atoms with Crippen molar-refractivity contribution in [1.82, 2.24) is 4.90 Å². The molecule has 0 unspecified atom stereocenters. The van der Waals surface area contributed by atoms with Gasteiger partial charge in [-0.3, -0.25) is 0 Å². The van der Waals surface area contributed by atoms with E-state index in [1.165, 1.54) is 6.07 Å². The van der Waals surface area contributed by atoms with Crippen molar-refractivity contribution in [2.24, 2.45) is 0 Å². The van der Waals surface area contributed by atoms with E-state index in [1.54, 1.807) is 17.9 Å². The van der Waals surface area contributed by atoms with Gasteiger partial charge in [-0.15, -0.1) is 0 Å². The predicted molar refractivity (Wildman–Crippen MR) is 106 cm³/mol. The zero-order valence-corrected chi connectivity index (χ0v) is 16.6. The van der Waals surface area contributed by atoms with Crippen molar-refractivity contribution in [3.05, 3.63) is 70.3 Å². The van der Waals surface area contributed by atoms with Crippen molar-refractivity contribution in [1.29, 1.82) is 0 Å². The predicted octanol–water partition coefficient (Wildman–Crippen LogP) is 5.65. The van der Waals surface area contributed by atoms with E-state index in [1.807, 2.05) is 24.3 Å². The second-order valence-corrected chi connectivity index (χ2v) is 7.32. The number of hydrogen-bond donors (Lipinski definition) is 0. The zero-order valence-electron chi connectivity index (χ0n) is 16.6. The number of carbonyl (C=O) groups excluding carboxylic acids is 1. The van der Waals surface area contributed by atoms with Crippen molar-refractivity contribution in [2.45, 2.75) is 32.5 Å². The molecule has 0 atom stereocenters. The summed E-state index contributed by atoms with van der Waals surface area (Å²) in [5.74, 6) is 0.651. The lowest BCUT2D eigenvalue weighted by Gasteiger charge is -2.29. The van der Waals surface area contributed by atoms with Gasteiger partial charge in [0.05, 0.1) is 12.2 Å². The lowest BCUT2D eigenvalue weighted by Crippen LogP contribution is -2.37. The Kier molecular flexibility index (Phi) is 5.45. The minimum atomic E-state index is -4.41. The number of halogens is 3. The Hall–Kier alpha value is -2.96. The van der Waals surface area contributed by atoms with Gasteiger partial charge in [-0.25, -0.2) is 4.79 Å². The Morgan fingerprint density at radius 1 is 1.10 bits per heavy atom. The number of nitrogens with zero attached hydrogens (tertiary/aromatic N) is 1. The molecule has 0 aromatic heterocycles. The van der Waals surface area contributed by atoms with Gasteiger partial charge in [0.2, 0.25) is 0 Å². The van der Waals surface area contributed by atoms with Crippen molar-refractivity contribution >= 4 is 11.7 Å². The summed E-state index contributed by atoms with van der Waals surface area (Å²) in [5.41, 5.74) is 3.47. The molecule has 0 radical (unpaired) electrons. The molecule has 0 bridgehead atoms. The Morgan fingerprint density at radius 3 is 2.53 bits per heavy atom. The highest BCUT2D eigenvalue weighted by molar-refractivity contribution is 5.87. The second-order valence-electron chi connectivity index (χ2n) is 7.32. The molecule has 4 nitrogen and oxygen atoms in total. The van der Waals surface area contributed by atoms with Crippen LogP contribution < -0.4 is 4.74 Å². The minimum Gasteiger partial charge on any atom is -0.488 e. The van der Waals surface area contributed by atoms with E-state index in [4.69, 9.17) is 9.47 Å². The molecule has 158 valence electrons. The Morgan fingerprint density at radius 2 is 1.83 bits per heavy atom. The van der Waals surface area contributed by atoms with Crippen LogP contribution in [-0.2, 0) is 17.5 Å². The smallest absolute Gasteiger partial charge is 0.416 e. The van der Waals surface area contributed by atoms with Gasteiger partial charge >= 0.3 is 12.3 Å². The topological polar surface area (TPSA) is 38.8 Å². The van der Waals surface area contributed by atoms with Crippen LogP contribution in [0, 0.1) is 0 Å². The van der Waals surface area contributed by atoms with E-state index < -0.39 is 11.7 Å². The first-order valence-electron chi connectivity index (χ1n) is 9.95. The number of rotatable bonds is 1. The fraction of sp³-hybridized carbons (Fsp3) is 0.348. The quantitative estimate of drug-likeness (QED) is 0.602. The summed E-state index contributed by atoms with van der Waals surface area (Å²) in [4.78, 5) is 13.7. The summed E-state index contributed by atoms with van der Waals surface area (Å²) in [6, 6.07) is 11.4. The lowest BCUT2D eigenvalue weighted by atomic mass is 9.86. The van der Waals surface area contributed by atoms with Crippen LogP contribution in [0.15, 0.2) is 48.0 Å². The number of likely N-dealkylation sites (tertiary alicyclic amines) is 1. The normalized spacial score (nSPS) is 16.3. The van der Waals surface area contributed by atoms with Crippen LogP contribution in [0.2, 0.25) is 0 Å². The fourth-order valence-electron chi connectivity index (χ4n) is 4.04. The average Bonchev–Trinajstić information content (AvgIpc) is 2.90. The van der Waals surface area contributed by atoms with E-state index in [-0.39, 0.29) is 12.7 Å². The lowest BCUT2D eigenvalue weighted by molar-refractivity contribution is -0.137. The monoisotopic (exact) mass is 417 g/mol. The first-order chi connectivity index (χ1) is 14.4. The number of piperidine rings is 1. The van der Waals surface area contributed by atoms with Gasteiger partial charge in [0.15, 0.2) is 0 Å². The van der Waals surface area contributed by atoms with Gasteiger partial charge in [-0.05, 0) is 54.7 Å². The Labute approximate surface area is 172 Å². The molecule has 7 heteroatoms. The molecule has 2 aromatic carbocycles. The van der Waals surface area contributed by atoms with Crippen LogP contribution in [0.1, 0.15) is 42.0 Å². The molecule has 0 spiro atoms. The molecule has 2 aliphatic heterocycles. The molecule has 4 rings (SSSR count). The number of benzene rings is 2. The molecular weight excluding hydrogens is 395 g/mol. The SMILES string of the molecule is CCOC(=O)N1CCC(=C2c3ccc(C(F)(F)F)cc3COc3ccccc32)CC1. The number of alkyl halides is 3. The van der Waals surface area contributed by atoms with E-state index in [2.05, 4.69) is 0 Å². The van der Waals surface area contributed by atoms with Crippen LogP contribution >= 0.6 is 0 Å². The first-order valence-corrected chi connectivity index (χ1v) is 9.95. The first kappa shape index (κ1) is 20.3.